The molecule has 0 aromatic heterocycles. The number of rotatable bonds is 10. The van der Waals surface area contributed by atoms with Gasteiger partial charge in [0.05, 0.1) is 6.04 Å². The van der Waals surface area contributed by atoms with E-state index in [9.17, 15) is 52.7 Å². The van der Waals surface area contributed by atoms with Gasteiger partial charge in [0, 0.05) is 34.2 Å². The summed E-state index contributed by atoms with van der Waals surface area (Å²) in [5.41, 5.74) is -12.4. The van der Waals surface area contributed by atoms with Gasteiger partial charge >= 0.3 is 0 Å². The number of piperidine rings is 1. The van der Waals surface area contributed by atoms with Crippen molar-refractivity contribution in [2.75, 3.05) is 6.61 Å². The molecular formula is C65H43BF20IrN2OP-. The Morgan fingerprint density at radius 1 is 0.374 bits per heavy atom. The van der Waals surface area contributed by atoms with Crippen LogP contribution in [0.25, 0.3) is 0 Å². The third-order valence-corrected chi connectivity index (χ3v) is 18.9. The largest absolute Gasteiger partial charge is 0.476 e. The van der Waals surface area contributed by atoms with E-state index in [0.717, 1.165) is 5.90 Å². The quantitative estimate of drug-likeness (QED) is 0.0448. The molecule has 1 saturated heterocycles. The number of fused-ring (bicyclic) bond motifs is 2. The van der Waals surface area contributed by atoms with E-state index < -0.39 is 158 Å². The molecule has 3 atom stereocenters. The molecule has 0 unspecified atom stereocenters. The minimum atomic E-state index is -7.22. The Bertz CT molecular complexity index is 3530. The number of aliphatic imine (C=N–C) groups is 1. The minimum absolute atomic E-state index is 0. The molecule has 8 aromatic rings. The molecule has 3 nitrogen and oxygen atoms in total. The van der Waals surface area contributed by atoms with Gasteiger partial charge in [-0.1, -0.05) is 121 Å². The second-order valence-electron chi connectivity index (χ2n) is 21.3. The Labute approximate surface area is 522 Å². The van der Waals surface area contributed by atoms with Gasteiger partial charge in [0.25, 0.3) is 0 Å². The smallest absolute Gasteiger partial charge is 0.203 e. The van der Waals surface area contributed by atoms with Crippen molar-refractivity contribution >= 4 is 52.6 Å². The first-order valence-corrected chi connectivity index (χ1v) is 28.9. The summed E-state index contributed by atoms with van der Waals surface area (Å²) in [5, 5.41) is 2.80. The van der Waals surface area contributed by atoms with Gasteiger partial charge < -0.3 is 4.74 Å². The molecule has 2 bridgehead atoms. The molecule has 2 aliphatic carbocycles. The number of nitrogens with zero attached hydrogens (tertiary/aromatic N) is 2. The fraction of sp³-hybridized carbons (Fsp3) is 0.185. The van der Waals surface area contributed by atoms with E-state index in [2.05, 4.69) is 152 Å². The molecule has 4 aliphatic rings. The van der Waals surface area contributed by atoms with Crippen LogP contribution in [-0.2, 0) is 30.4 Å². The SMILES string of the molecule is Fc1c(F)c(F)c([B-](c2c(F)c(F)c(F)c(F)c2F)(c2c(F)c(F)c(F)c(F)c2F)c2c(F)c(F)c(F)c(F)c2F)c(F)c1F.[CH]1[CH]CC[CH][CH]CC1.[Ir].c1ccc(P(c2ccccc2)N2[C@H]3CC[C@H](C3)[C@@H]2C2=NC(c3ccccc3)(c3ccccc3)CO2)cc1. The number of benzene rings is 8. The van der Waals surface area contributed by atoms with Crippen LogP contribution in [0, 0.1) is 148 Å². The van der Waals surface area contributed by atoms with Gasteiger partial charge in [-0.2, -0.15) is 0 Å². The molecule has 26 heteroatoms. The summed E-state index contributed by atoms with van der Waals surface area (Å²) in [4.78, 5) is 5.54. The van der Waals surface area contributed by atoms with Crippen LogP contribution in [0.3, 0.4) is 0 Å². The average Bonchev–Trinajstić information content (AvgIpc) is 1.41. The molecule has 0 spiro atoms. The molecule has 2 heterocycles. The molecule has 0 amide bonds. The first-order valence-electron chi connectivity index (χ1n) is 27.6. The van der Waals surface area contributed by atoms with Crippen LogP contribution < -0.4 is 32.5 Å². The first-order chi connectivity index (χ1) is 43.0. The summed E-state index contributed by atoms with van der Waals surface area (Å²) in [6.45, 7) is 0.548. The number of hydrogen-bond acceptors (Lipinski definition) is 3. The predicted octanol–water partition coefficient (Wildman–Crippen LogP) is 14.5. The maximum absolute atomic E-state index is 15.4. The van der Waals surface area contributed by atoms with Crippen molar-refractivity contribution < 1.29 is 113 Å². The first kappa shape index (κ1) is 68.3. The van der Waals surface area contributed by atoms with E-state index in [4.69, 9.17) is 9.73 Å². The fourth-order valence-corrected chi connectivity index (χ4v) is 15.1. The zero-order chi connectivity index (χ0) is 64.7. The maximum atomic E-state index is 15.4. The van der Waals surface area contributed by atoms with Crippen molar-refractivity contribution in [3.8, 4) is 0 Å². The number of halogens is 20. The zero-order valence-electron chi connectivity index (χ0n) is 46.5. The van der Waals surface area contributed by atoms with E-state index in [1.807, 2.05) is 0 Å². The summed E-state index contributed by atoms with van der Waals surface area (Å²) in [6, 6.07) is 44.3. The van der Waals surface area contributed by atoms with Gasteiger partial charge in [0.15, 0.2) is 69.8 Å². The van der Waals surface area contributed by atoms with Crippen molar-refractivity contribution in [3.05, 3.63) is 274 Å². The summed E-state index contributed by atoms with van der Waals surface area (Å²) in [5.74, 6) is -69.9. The molecule has 0 N–H and O–H groups in total. The van der Waals surface area contributed by atoms with E-state index in [-0.39, 0.29) is 26.1 Å². The molecule has 2 saturated carbocycles. The van der Waals surface area contributed by atoms with Crippen molar-refractivity contribution in [2.24, 2.45) is 10.9 Å². The molecule has 8 aromatic carbocycles. The Kier molecular flexibility index (Phi) is 21.0. The Balaban J connectivity index is 0.000000192. The van der Waals surface area contributed by atoms with Gasteiger partial charge in [-0.15, -0.1) is 21.9 Å². The van der Waals surface area contributed by atoms with E-state index in [0.29, 0.717) is 18.6 Å². The van der Waals surface area contributed by atoms with Gasteiger partial charge in [0.2, 0.25) is 5.90 Å². The predicted molar refractivity (Wildman–Crippen MR) is 298 cm³/mol. The van der Waals surface area contributed by atoms with Gasteiger partial charge in [0.1, 0.15) is 64.8 Å². The average molecular weight is 1480 g/mol. The number of hydrogen-bond donors (Lipinski definition) is 0. The normalized spacial score (nSPS) is 17.9. The second-order valence-corrected chi connectivity index (χ2v) is 23.4. The van der Waals surface area contributed by atoms with E-state index >= 15 is 35.1 Å². The summed E-state index contributed by atoms with van der Waals surface area (Å²) >= 11 is 0. The van der Waals surface area contributed by atoms with Crippen LogP contribution in [0.2, 0.25) is 0 Å². The number of ether oxygens (including phenoxy) is 1. The summed E-state index contributed by atoms with van der Waals surface area (Å²) in [7, 11) is -0.689. The second kappa shape index (κ2) is 28.0. The molecular weight excluding hydrogens is 1440 g/mol. The van der Waals surface area contributed by atoms with Crippen LogP contribution in [0.5, 0.6) is 0 Å². The topological polar surface area (TPSA) is 24.8 Å². The Morgan fingerprint density at radius 2 is 0.648 bits per heavy atom. The minimum Gasteiger partial charge on any atom is -0.476 e. The third kappa shape index (κ3) is 12.0. The van der Waals surface area contributed by atoms with Crippen molar-refractivity contribution in [2.45, 2.75) is 62.6 Å². The van der Waals surface area contributed by atoms with Crippen molar-refractivity contribution in [1.29, 1.82) is 0 Å². The maximum Gasteiger partial charge on any atom is 0.203 e. The van der Waals surface area contributed by atoms with Crippen LogP contribution in [0.15, 0.2) is 126 Å². The van der Waals surface area contributed by atoms with Crippen LogP contribution in [0.1, 0.15) is 56.1 Å². The van der Waals surface area contributed by atoms with Crippen LogP contribution in [-0.4, -0.2) is 35.4 Å². The van der Waals surface area contributed by atoms with Crippen LogP contribution >= 0.6 is 8.07 Å². The molecule has 5 radical (unpaired) electrons. The van der Waals surface area contributed by atoms with E-state index in [1.165, 1.54) is 66.7 Å². The standard InChI is InChI=1S/C33H31N2OP.C24BF20.C8H12.Ir/c1-5-13-26(14-6-1)33(27-15-7-2-8-16-27)24-36-32(34-33)31-25-21-22-28(23-25)35(31)37(29-17-9-3-10-18-29)30-19-11-4-12-20-30;26-5-1(6(27)14(35)21(42)13(5)34)25(2-7(28)15(36)22(43)16(37)8(2)29,3-9(30)17(38)23(44)18(39)10(3)31)4-11(32)19(40)24(45)20(41)12(4)33;1-2-4-6-8-7-5-3-1;/h1-20,25,28,31H,21-24H2;;1-2,7-8H,3-6H2;/q;-1;;/t25-,28+,31-;;;/m1.../s1. The molecule has 12 rings (SSSR count). The molecule has 91 heavy (non-hydrogen) atoms. The third-order valence-electron chi connectivity index (χ3n) is 16.3. The molecule has 2 aliphatic heterocycles. The summed E-state index contributed by atoms with van der Waals surface area (Å²) in [6.07, 6.45) is 10.5. The zero-order valence-corrected chi connectivity index (χ0v) is 49.8. The Morgan fingerprint density at radius 3 is 0.945 bits per heavy atom. The van der Waals surface area contributed by atoms with Gasteiger partial charge in [-0.25, -0.2) is 92.8 Å². The fourth-order valence-electron chi connectivity index (χ4n) is 12.3. The van der Waals surface area contributed by atoms with Gasteiger partial charge in [-0.05, 0) is 98.3 Å². The van der Waals surface area contributed by atoms with Gasteiger partial charge in [-0.3, -0.25) is 4.67 Å². The molecule has 477 valence electrons. The Hall–Kier alpha value is -7.07. The molecule has 3 fully saturated rings. The monoisotopic (exact) mass is 1480 g/mol. The summed E-state index contributed by atoms with van der Waals surface area (Å²) < 4.78 is 303. The van der Waals surface area contributed by atoms with Crippen LogP contribution in [0.4, 0.5) is 87.8 Å². The van der Waals surface area contributed by atoms with Crippen molar-refractivity contribution in [1.82, 2.24) is 4.67 Å². The van der Waals surface area contributed by atoms with E-state index in [1.54, 1.807) is 0 Å². The van der Waals surface area contributed by atoms with Crippen molar-refractivity contribution in [3.63, 3.8) is 0 Å².